The van der Waals surface area contributed by atoms with Gasteiger partial charge in [0.15, 0.2) is 0 Å². The smallest absolute Gasteiger partial charge is 0.330 e. The maximum absolute atomic E-state index is 13.2. The molecule has 0 aliphatic carbocycles. The molecule has 0 aromatic rings. The molecule has 0 saturated heterocycles. The first-order valence-corrected chi connectivity index (χ1v) is 3.71. The molecule has 5 heteroatoms. The third-order valence-electron chi connectivity index (χ3n) is 1.89. The van der Waals surface area contributed by atoms with Crippen molar-refractivity contribution in [3.05, 3.63) is 0 Å². The number of hydrogen-bond acceptors (Lipinski definition) is 1. The van der Waals surface area contributed by atoms with Crippen LogP contribution in [0.1, 0.15) is 20.3 Å². The number of alkyl halides is 4. The van der Waals surface area contributed by atoms with E-state index in [1.54, 1.807) is 0 Å². The molecule has 12 heavy (non-hydrogen) atoms. The summed E-state index contributed by atoms with van der Waals surface area (Å²) in [5, 5.41) is 0. The van der Waals surface area contributed by atoms with Crippen molar-refractivity contribution in [2.45, 2.75) is 32.1 Å². The highest BCUT2D eigenvalue weighted by Gasteiger charge is 2.57. The van der Waals surface area contributed by atoms with Gasteiger partial charge in [-0.05, 0) is 12.5 Å². The van der Waals surface area contributed by atoms with Crippen LogP contribution in [0.25, 0.3) is 0 Å². The van der Waals surface area contributed by atoms with E-state index in [0.29, 0.717) is 0 Å². The zero-order valence-electron chi connectivity index (χ0n) is 7.08. The molecular weight excluding hydrogens is 174 g/mol. The van der Waals surface area contributed by atoms with Crippen LogP contribution in [0.15, 0.2) is 0 Å². The monoisotopic (exact) mass is 187 g/mol. The molecule has 0 rings (SSSR count). The van der Waals surface area contributed by atoms with E-state index in [0.717, 1.165) is 0 Å². The largest absolute Gasteiger partial charge is 0.422 e. The van der Waals surface area contributed by atoms with Crippen LogP contribution in [0.5, 0.6) is 0 Å². The first-order valence-electron chi connectivity index (χ1n) is 3.71. The lowest BCUT2D eigenvalue weighted by Crippen LogP contribution is -2.46. The fourth-order valence-electron chi connectivity index (χ4n) is 0.968. The van der Waals surface area contributed by atoms with Gasteiger partial charge in [-0.3, -0.25) is 0 Å². The van der Waals surface area contributed by atoms with Gasteiger partial charge in [-0.2, -0.15) is 13.2 Å². The molecule has 0 spiro atoms. The Morgan fingerprint density at radius 2 is 1.58 bits per heavy atom. The predicted molar refractivity (Wildman–Crippen MR) is 38.4 cm³/mol. The van der Waals surface area contributed by atoms with Gasteiger partial charge in [0, 0.05) is 6.42 Å². The molecule has 0 aromatic carbocycles. The van der Waals surface area contributed by atoms with Gasteiger partial charge in [-0.1, -0.05) is 13.8 Å². The third-order valence-corrected chi connectivity index (χ3v) is 1.89. The zero-order valence-corrected chi connectivity index (χ0v) is 7.08. The molecule has 0 aromatic heterocycles. The van der Waals surface area contributed by atoms with Crippen molar-refractivity contribution in [3.63, 3.8) is 0 Å². The van der Waals surface area contributed by atoms with E-state index in [1.165, 1.54) is 13.8 Å². The summed E-state index contributed by atoms with van der Waals surface area (Å²) in [5.74, 6) is -1.10. The van der Waals surface area contributed by atoms with Gasteiger partial charge < -0.3 is 5.73 Å². The van der Waals surface area contributed by atoms with E-state index in [9.17, 15) is 17.6 Å². The first kappa shape index (κ1) is 11.7. The molecule has 1 atom stereocenters. The Morgan fingerprint density at radius 1 is 1.17 bits per heavy atom. The summed E-state index contributed by atoms with van der Waals surface area (Å²) in [5.41, 5.74) is 1.77. The lowest BCUT2D eigenvalue weighted by molar-refractivity contribution is -0.246. The van der Waals surface area contributed by atoms with Gasteiger partial charge in [-0.25, -0.2) is 4.39 Å². The summed E-state index contributed by atoms with van der Waals surface area (Å²) >= 11 is 0. The zero-order chi connectivity index (χ0) is 9.99. The topological polar surface area (TPSA) is 26.0 Å². The van der Waals surface area contributed by atoms with Crippen LogP contribution in [-0.4, -0.2) is 18.4 Å². The van der Waals surface area contributed by atoms with Crippen molar-refractivity contribution in [2.75, 3.05) is 6.54 Å². The van der Waals surface area contributed by atoms with E-state index in [1.807, 2.05) is 0 Å². The Kier molecular flexibility index (Phi) is 3.50. The second-order valence-corrected chi connectivity index (χ2v) is 3.05. The summed E-state index contributed by atoms with van der Waals surface area (Å²) in [6.45, 7) is 2.10. The Balaban J connectivity index is 4.62. The average Bonchev–Trinajstić information content (AvgIpc) is 1.85. The molecule has 0 saturated carbocycles. The van der Waals surface area contributed by atoms with Crippen molar-refractivity contribution in [3.8, 4) is 0 Å². The van der Waals surface area contributed by atoms with E-state index in [4.69, 9.17) is 5.73 Å². The number of rotatable bonds is 3. The molecule has 1 nitrogen and oxygen atoms in total. The Labute approximate surface area is 68.9 Å². The summed E-state index contributed by atoms with van der Waals surface area (Å²) in [6.07, 6.45) is -5.49. The SMILES string of the molecule is CC(C)C(F)(CCN)C(F)(F)F. The van der Waals surface area contributed by atoms with Crippen molar-refractivity contribution in [2.24, 2.45) is 11.7 Å². The van der Waals surface area contributed by atoms with Crippen molar-refractivity contribution in [1.82, 2.24) is 0 Å². The second-order valence-electron chi connectivity index (χ2n) is 3.05. The van der Waals surface area contributed by atoms with Crippen LogP contribution in [0.3, 0.4) is 0 Å². The van der Waals surface area contributed by atoms with E-state index >= 15 is 0 Å². The van der Waals surface area contributed by atoms with Crippen LogP contribution in [0.4, 0.5) is 17.6 Å². The van der Waals surface area contributed by atoms with Crippen molar-refractivity contribution >= 4 is 0 Å². The lowest BCUT2D eigenvalue weighted by Gasteiger charge is -2.30. The predicted octanol–water partition coefficient (Wildman–Crippen LogP) is 2.26. The summed E-state index contributed by atoms with van der Waals surface area (Å²) < 4.78 is 49.6. The Morgan fingerprint density at radius 3 is 1.67 bits per heavy atom. The molecule has 0 radical (unpaired) electrons. The molecule has 0 aliphatic heterocycles. The molecule has 2 N–H and O–H groups in total. The summed E-state index contributed by atoms with van der Waals surface area (Å²) in [4.78, 5) is 0. The molecule has 1 unspecified atom stereocenters. The molecule has 0 bridgehead atoms. The van der Waals surface area contributed by atoms with Crippen LogP contribution < -0.4 is 5.73 Å². The summed E-state index contributed by atoms with van der Waals surface area (Å²) in [7, 11) is 0. The van der Waals surface area contributed by atoms with Crippen LogP contribution in [-0.2, 0) is 0 Å². The number of nitrogens with two attached hydrogens (primary N) is 1. The highest BCUT2D eigenvalue weighted by atomic mass is 19.4. The molecule has 0 amide bonds. The molecule has 0 fully saturated rings. The van der Waals surface area contributed by atoms with Crippen LogP contribution in [0.2, 0.25) is 0 Å². The van der Waals surface area contributed by atoms with E-state index < -0.39 is 24.2 Å². The normalized spacial score (nSPS) is 18.0. The van der Waals surface area contributed by atoms with E-state index in [2.05, 4.69) is 0 Å². The Bertz CT molecular complexity index is 143. The lowest BCUT2D eigenvalue weighted by atomic mass is 9.88. The molecule has 74 valence electrons. The standard InChI is InChI=1S/C7H13F4N/c1-5(2)6(8,3-4-12)7(9,10)11/h5H,3-4,12H2,1-2H3. The fraction of sp³-hybridized carbons (Fsp3) is 1.00. The minimum Gasteiger partial charge on any atom is -0.330 e. The highest BCUT2D eigenvalue weighted by Crippen LogP contribution is 2.41. The van der Waals surface area contributed by atoms with E-state index in [-0.39, 0.29) is 6.54 Å². The maximum atomic E-state index is 13.2. The Hall–Kier alpha value is -0.320. The maximum Gasteiger partial charge on any atom is 0.422 e. The van der Waals surface area contributed by atoms with Gasteiger partial charge >= 0.3 is 6.18 Å². The number of hydrogen-bond donors (Lipinski definition) is 1. The van der Waals surface area contributed by atoms with Gasteiger partial charge in [-0.15, -0.1) is 0 Å². The third kappa shape index (κ3) is 2.09. The van der Waals surface area contributed by atoms with Gasteiger partial charge in [0.25, 0.3) is 0 Å². The number of halogens is 4. The second kappa shape index (κ2) is 3.60. The van der Waals surface area contributed by atoms with Crippen molar-refractivity contribution in [1.29, 1.82) is 0 Å². The van der Waals surface area contributed by atoms with Gasteiger partial charge in [0.2, 0.25) is 5.67 Å². The van der Waals surface area contributed by atoms with Crippen molar-refractivity contribution < 1.29 is 17.6 Å². The minimum atomic E-state index is -4.82. The quantitative estimate of drug-likeness (QED) is 0.674. The van der Waals surface area contributed by atoms with Gasteiger partial charge in [0.1, 0.15) is 0 Å². The highest BCUT2D eigenvalue weighted by molar-refractivity contribution is 4.90. The fourth-order valence-corrected chi connectivity index (χ4v) is 0.968. The van der Waals surface area contributed by atoms with Crippen LogP contribution >= 0.6 is 0 Å². The van der Waals surface area contributed by atoms with Crippen LogP contribution in [0, 0.1) is 5.92 Å². The minimum absolute atomic E-state index is 0.297. The molecule has 0 heterocycles. The van der Waals surface area contributed by atoms with Gasteiger partial charge in [0.05, 0.1) is 0 Å². The first-order chi connectivity index (χ1) is 5.25. The average molecular weight is 187 g/mol. The summed E-state index contributed by atoms with van der Waals surface area (Å²) in [6, 6.07) is 0. The molecular formula is C7H13F4N. The molecule has 0 aliphatic rings.